The molecule has 0 unspecified atom stereocenters. The van der Waals surface area contributed by atoms with Gasteiger partial charge in [-0.25, -0.2) is 0 Å². The lowest BCUT2D eigenvalue weighted by Gasteiger charge is -2.09. The van der Waals surface area contributed by atoms with E-state index in [-0.39, 0.29) is 0 Å². The number of aromatic nitrogens is 2. The molecule has 0 saturated carbocycles. The van der Waals surface area contributed by atoms with Gasteiger partial charge in [-0.05, 0) is 19.8 Å². The summed E-state index contributed by atoms with van der Waals surface area (Å²) in [6.07, 6.45) is 3.33. The van der Waals surface area contributed by atoms with Gasteiger partial charge in [0.2, 0.25) is 0 Å². The van der Waals surface area contributed by atoms with E-state index in [0.717, 1.165) is 54.0 Å². The summed E-state index contributed by atoms with van der Waals surface area (Å²) in [6.45, 7) is 2.90. The highest BCUT2D eigenvalue weighted by Crippen LogP contribution is 2.22. The molecule has 1 aromatic heterocycles. The average molecular weight is 264 g/mol. The van der Waals surface area contributed by atoms with E-state index in [0.29, 0.717) is 0 Å². The van der Waals surface area contributed by atoms with Crippen molar-refractivity contribution in [1.82, 2.24) is 10.2 Å². The molecule has 0 amide bonds. The van der Waals surface area contributed by atoms with Crippen molar-refractivity contribution in [1.29, 1.82) is 0 Å². The van der Waals surface area contributed by atoms with Crippen molar-refractivity contribution >= 4 is 28.2 Å². The monoisotopic (exact) mass is 263 g/mol. The summed E-state index contributed by atoms with van der Waals surface area (Å²) < 4.78 is 0. The van der Waals surface area contributed by atoms with Crippen molar-refractivity contribution in [2.75, 3.05) is 17.7 Å². The summed E-state index contributed by atoms with van der Waals surface area (Å²) in [7, 11) is 0. The second kappa shape index (κ2) is 6.55. The zero-order chi connectivity index (χ0) is 12.8. The molecule has 0 fully saturated rings. The predicted octanol–water partition coefficient (Wildman–Crippen LogP) is 3.76. The molecular formula is C14H18ClN3. The van der Waals surface area contributed by atoms with Crippen LogP contribution in [0, 0.1) is 6.92 Å². The fourth-order valence-electron chi connectivity index (χ4n) is 1.97. The second-order valence-electron chi connectivity index (χ2n) is 4.36. The summed E-state index contributed by atoms with van der Waals surface area (Å²) in [5.74, 6) is 1.62. The van der Waals surface area contributed by atoms with Gasteiger partial charge in [0.05, 0.1) is 5.69 Å². The molecule has 2 aromatic rings. The van der Waals surface area contributed by atoms with Gasteiger partial charge in [0, 0.05) is 23.2 Å². The van der Waals surface area contributed by atoms with Crippen LogP contribution < -0.4 is 5.32 Å². The van der Waals surface area contributed by atoms with Crippen LogP contribution in [0.5, 0.6) is 0 Å². The molecule has 3 nitrogen and oxygen atoms in total. The molecule has 96 valence electrons. The van der Waals surface area contributed by atoms with Crippen molar-refractivity contribution in [2.24, 2.45) is 0 Å². The van der Waals surface area contributed by atoms with E-state index < -0.39 is 0 Å². The molecule has 2 rings (SSSR count). The Labute approximate surface area is 113 Å². The van der Waals surface area contributed by atoms with Gasteiger partial charge in [0.25, 0.3) is 0 Å². The number of hydrogen-bond donors (Lipinski definition) is 1. The average Bonchev–Trinajstić information content (AvgIpc) is 2.41. The second-order valence-corrected chi connectivity index (χ2v) is 4.73. The molecule has 0 atom stereocenters. The van der Waals surface area contributed by atoms with Gasteiger partial charge in [-0.2, -0.15) is 5.10 Å². The van der Waals surface area contributed by atoms with Crippen LogP contribution in [0.2, 0.25) is 0 Å². The minimum Gasteiger partial charge on any atom is -0.368 e. The quantitative estimate of drug-likeness (QED) is 0.637. The molecule has 4 heteroatoms. The van der Waals surface area contributed by atoms with E-state index in [4.69, 9.17) is 11.6 Å². The molecule has 0 saturated heterocycles. The molecule has 0 aliphatic rings. The lowest BCUT2D eigenvalue weighted by Crippen LogP contribution is -2.05. The van der Waals surface area contributed by atoms with Gasteiger partial charge in [-0.15, -0.1) is 16.7 Å². The van der Waals surface area contributed by atoms with Crippen molar-refractivity contribution in [2.45, 2.75) is 26.2 Å². The van der Waals surface area contributed by atoms with E-state index in [1.807, 2.05) is 19.1 Å². The number of alkyl halides is 1. The molecule has 0 bridgehead atoms. The molecule has 1 N–H and O–H groups in total. The number of unbranched alkanes of at least 4 members (excludes halogenated alkanes) is 2. The number of nitrogens with zero attached hydrogens (tertiary/aromatic N) is 2. The number of rotatable bonds is 6. The number of fused-ring (bicyclic) bond motifs is 1. The Morgan fingerprint density at radius 1 is 1.06 bits per heavy atom. The Kier molecular flexibility index (Phi) is 4.76. The molecule has 1 aromatic carbocycles. The third kappa shape index (κ3) is 3.10. The fraction of sp³-hybridized carbons (Fsp3) is 0.429. The number of nitrogens with one attached hydrogen (secondary N) is 1. The van der Waals surface area contributed by atoms with Gasteiger partial charge in [-0.1, -0.05) is 30.7 Å². The molecule has 0 aliphatic heterocycles. The molecule has 0 spiro atoms. The maximum Gasteiger partial charge on any atom is 0.156 e. The van der Waals surface area contributed by atoms with E-state index in [1.54, 1.807) is 0 Å². The van der Waals surface area contributed by atoms with Crippen LogP contribution in [-0.2, 0) is 0 Å². The Morgan fingerprint density at radius 2 is 1.83 bits per heavy atom. The van der Waals surface area contributed by atoms with Gasteiger partial charge in [0.1, 0.15) is 0 Å². The highest BCUT2D eigenvalue weighted by Gasteiger charge is 2.04. The number of halogens is 1. The SMILES string of the molecule is Cc1nnc(NCCCCCCl)c2ccccc12. The Bertz CT molecular complexity index is 513. The largest absolute Gasteiger partial charge is 0.368 e. The van der Waals surface area contributed by atoms with Crippen LogP contribution in [0.3, 0.4) is 0 Å². The predicted molar refractivity (Wildman–Crippen MR) is 77.3 cm³/mol. The first-order valence-electron chi connectivity index (χ1n) is 6.35. The number of hydrogen-bond acceptors (Lipinski definition) is 3. The minimum atomic E-state index is 0.743. The Morgan fingerprint density at radius 3 is 2.61 bits per heavy atom. The van der Waals surface area contributed by atoms with Crippen LogP contribution in [0.15, 0.2) is 24.3 Å². The topological polar surface area (TPSA) is 37.8 Å². The molecule has 1 heterocycles. The van der Waals surface area contributed by atoms with Crippen molar-refractivity contribution in [3.63, 3.8) is 0 Å². The molecule has 0 aliphatic carbocycles. The van der Waals surface area contributed by atoms with Crippen LogP contribution in [-0.4, -0.2) is 22.6 Å². The van der Waals surface area contributed by atoms with E-state index in [9.17, 15) is 0 Å². The first-order chi connectivity index (χ1) is 8.83. The van der Waals surface area contributed by atoms with Gasteiger partial charge >= 0.3 is 0 Å². The summed E-state index contributed by atoms with van der Waals surface area (Å²) in [4.78, 5) is 0. The van der Waals surface area contributed by atoms with Crippen LogP contribution in [0.4, 0.5) is 5.82 Å². The fourth-order valence-corrected chi connectivity index (χ4v) is 2.16. The number of benzene rings is 1. The van der Waals surface area contributed by atoms with E-state index >= 15 is 0 Å². The van der Waals surface area contributed by atoms with Crippen molar-refractivity contribution in [3.05, 3.63) is 30.0 Å². The number of aryl methyl sites for hydroxylation is 1. The summed E-state index contributed by atoms with van der Waals surface area (Å²) in [5, 5.41) is 14.1. The molecular weight excluding hydrogens is 246 g/mol. The normalized spacial score (nSPS) is 10.8. The summed E-state index contributed by atoms with van der Waals surface area (Å²) in [5.41, 5.74) is 0.971. The van der Waals surface area contributed by atoms with Gasteiger partial charge < -0.3 is 5.32 Å². The standard InChI is InChI=1S/C14H18ClN3/c1-11-12-7-3-4-8-13(12)14(18-17-11)16-10-6-2-5-9-15/h3-4,7-8H,2,5-6,9-10H2,1H3,(H,16,18). The summed E-state index contributed by atoms with van der Waals surface area (Å²) >= 11 is 5.65. The zero-order valence-electron chi connectivity index (χ0n) is 10.6. The Balaban J connectivity index is 2.07. The maximum atomic E-state index is 5.65. The lowest BCUT2D eigenvalue weighted by atomic mass is 10.1. The van der Waals surface area contributed by atoms with Crippen LogP contribution in [0.25, 0.3) is 10.8 Å². The van der Waals surface area contributed by atoms with E-state index in [2.05, 4.69) is 27.6 Å². The smallest absolute Gasteiger partial charge is 0.156 e. The lowest BCUT2D eigenvalue weighted by molar-refractivity contribution is 0.745. The van der Waals surface area contributed by atoms with Crippen molar-refractivity contribution < 1.29 is 0 Å². The maximum absolute atomic E-state index is 5.65. The first kappa shape index (κ1) is 13.1. The Hall–Kier alpha value is -1.35. The van der Waals surface area contributed by atoms with Crippen LogP contribution in [0.1, 0.15) is 25.0 Å². The number of anilines is 1. The van der Waals surface area contributed by atoms with E-state index in [1.165, 1.54) is 0 Å². The highest BCUT2D eigenvalue weighted by molar-refractivity contribution is 6.17. The van der Waals surface area contributed by atoms with Gasteiger partial charge in [-0.3, -0.25) is 0 Å². The minimum absolute atomic E-state index is 0.743. The van der Waals surface area contributed by atoms with Crippen LogP contribution >= 0.6 is 11.6 Å². The first-order valence-corrected chi connectivity index (χ1v) is 6.88. The summed E-state index contributed by atoms with van der Waals surface area (Å²) in [6, 6.07) is 8.22. The van der Waals surface area contributed by atoms with Crippen molar-refractivity contribution in [3.8, 4) is 0 Å². The third-order valence-corrected chi connectivity index (χ3v) is 3.24. The molecule has 18 heavy (non-hydrogen) atoms. The van der Waals surface area contributed by atoms with Gasteiger partial charge in [0.15, 0.2) is 5.82 Å². The highest BCUT2D eigenvalue weighted by atomic mass is 35.5. The molecule has 0 radical (unpaired) electrons. The third-order valence-electron chi connectivity index (χ3n) is 2.97. The zero-order valence-corrected chi connectivity index (χ0v) is 11.4.